The molecule has 0 heterocycles. The lowest BCUT2D eigenvalue weighted by Gasteiger charge is -2.33. The van der Waals surface area contributed by atoms with Gasteiger partial charge in [-0.1, -0.05) is 20.8 Å². The van der Waals surface area contributed by atoms with Crippen molar-refractivity contribution in [1.29, 1.82) is 0 Å². The normalized spacial score (nSPS) is 35.3. The summed E-state index contributed by atoms with van der Waals surface area (Å²) in [7, 11) is 0. The highest BCUT2D eigenvalue weighted by atomic mass is 16.3. The van der Waals surface area contributed by atoms with Gasteiger partial charge < -0.3 is 5.11 Å². The van der Waals surface area contributed by atoms with Gasteiger partial charge in [-0.25, -0.2) is 0 Å². The summed E-state index contributed by atoms with van der Waals surface area (Å²) < 4.78 is 0. The molecule has 2 atom stereocenters. The Kier molecular flexibility index (Phi) is 2.08. The molecule has 0 aromatic heterocycles. The quantitative estimate of drug-likeness (QED) is 0.540. The van der Waals surface area contributed by atoms with E-state index in [0.717, 1.165) is 0 Å². The van der Waals surface area contributed by atoms with Crippen LogP contribution in [0.25, 0.3) is 0 Å². The van der Waals surface area contributed by atoms with E-state index in [1.54, 1.807) is 20.8 Å². The molecule has 1 fully saturated rings. The van der Waals surface area contributed by atoms with Crippen LogP contribution in [0, 0.1) is 11.3 Å². The Bertz CT molecular complexity index is 230. The third kappa shape index (κ3) is 1.29. The van der Waals surface area contributed by atoms with Crippen LogP contribution in [0.3, 0.4) is 0 Å². The van der Waals surface area contributed by atoms with Gasteiger partial charge in [0.1, 0.15) is 0 Å². The Balaban J connectivity index is 2.93. The number of carbonyl (C=O) groups excluding carboxylic acids is 2. The minimum Gasteiger partial charge on any atom is -0.378 e. The van der Waals surface area contributed by atoms with Gasteiger partial charge in [-0.05, 0) is 6.42 Å². The van der Waals surface area contributed by atoms with Crippen molar-refractivity contribution >= 4 is 11.6 Å². The van der Waals surface area contributed by atoms with E-state index >= 15 is 0 Å². The van der Waals surface area contributed by atoms with Crippen molar-refractivity contribution < 1.29 is 14.7 Å². The zero-order valence-corrected chi connectivity index (χ0v) is 7.63. The molecule has 0 aliphatic heterocycles. The predicted octanol–water partition coefficient (Wildman–Crippen LogP) is 0.551. The second-order valence-corrected chi connectivity index (χ2v) is 4.16. The van der Waals surface area contributed by atoms with E-state index in [1.165, 1.54) is 0 Å². The second-order valence-electron chi connectivity index (χ2n) is 4.16. The van der Waals surface area contributed by atoms with Crippen molar-refractivity contribution in [3.05, 3.63) is 0 Å². The molecule has 1 unspecified atom stereocenters. The van der Waals surface area contributed by atoms with Crippen molar-refractivity contribution in [3.8, 4) is 0 Å². The first kappa shape index (κ1) is 9.39. The molecule has 1 saturated carbocycles. The number of carbonyl (C=O) groups is 2. The Hall–Kier alpha value is -0.700. The fourth-order valence-electron chi connectivity index (χ4n) is 1.74. The van der Waals surface area contributed by atoms with Gasteiger partial charge in [0.05, 0.1) is 0 Å². The molecule has 12 heavy (non-hydrogen) atoms. The summed E-state index contributed by atoms with van der Waals surface area (Å²) in [6.07, 6.45) is -0.842. The third-order valence-electron chi connectivity index (χ3n) is 2.49. The molecular formula is C9H14O3. The molecule has 0 spiro atoms. The zero-order chi connectivity index (χ0) is 9.52. The number of hydrogen-bond acceptors (Lipinski definition) is 3. The van der Waals surface area contributed by atoms with Gasteiger partial charge >= 0.3 is 0 Å². The van der Waals surface area contributed by atoms with Crippen LogP contribution >= 0.6 is 0 Å². The van der Waals surface area contributed by atoms with Crippen molar-refractivity contribution in [1.82, 2.24) is 0 Å². The summed E-state index contributed by atoms with van der Waals surface area (Å²) in [4.78, 5) is 22.5. The second kappa shape index (κ2) is 2.66. The summed E-state index contributed by atoms with van der Waals surface area (Å²) in [6, 6.07) is 0. The zero-order valence-electron chi connectivity index (χ0n) is 7.63. The van der Waals surface area contributed by atoms with E-state index in [2.05, 4.69) is 0 Å². The SMILES string of the molecule is CC1CC(C)(C)C(=O)[C@@H](O)C1=O. The van der Waals surface area contributed by atoms with Crippen molar-refractivity contribution in [2.45, 2.75) is 33.3 Å². The average molecular weight is 170 g/mol. The van der Waals surface area contributed by atoms with Gasteiger partial charge in [0.15, 0.2) is 17.7 Å². The van der Waals surface area contributed by atoms with Crippen LogP contribution < -0.4 is 0 Å². The van der Waals surface area contributed by atoms with Crippen molar-refractivity contribution in [3.63, 3.8) is 0 Å². The van der Waals surface area contributed by atoms with Crippen molar-refractivity contribution in [2.75, 3.05) is 0 Å². The molecule has 0 bridgehead atoms. The number of Topliss-reactive ketones (excluding diaryl/α,β-unsaturated/α-hetero) is 2. The number of rotatable bonds is 0. The highest BCUT2D eigenvalue weighted by molar-refractivity contribution is 6.10. The first-order valence-corrected chi connectivity index (χ1v) is 4.12. The maximum Gasteiger partial charge on any atom is 0.174 e. The number of aliphatic hydroxyl groups is 1. The summed E-state index contributed by atoms with van der Waals surface area (Å²) in [5.74, 6) is -0.877. The first-order chi connectivity index (χ1) is 5.36. The number of aliphatic hydroxyl groups excluding tert-OH is 1. The van der Waals surface area contributed by atoms with Gasteiger partial charge in [-0.2, -0.15) is 0 Å². The standard InChI is InChI=1S/C9H14O3/c1-5-4-9(2,3)8(12)7(11)6(5)10/h5,7,11H,4H2,1-3H3/t5?,7-/m0/s1. The van der Waals surface area contributed by atoms with Crippen LogP contribution in [0.4, 0.5) is 0 Å². The Labute approximate surface area is 71.8 Å². The van der Waals surface area contributed by atoms with Crippen molar-refractivity contribution in [2.24, 2.45) is 11.3 Å². The fourth-order valence-corrected chi connectivity index (χ4v) is 1.74. The van der Waals surface area contributed by atoms with Crippen LogP contribution in [0.1, 0.15) is 27.2 Å². The molecule has 1 rings (SSSR count). The van der Waals surface area contributed by atoms with Gasteiger partial charge in [0, 0.05) is 11.3 Å². The molecular weight excluding hydrogens is 156 g/mol. The molecule has 3 nitrogen and oxygen atoms in total. The molecule has 1 aliphatic carbocycles. The van der Waals surface area contributed by atoms with E-state index < -0.39 is 11.5 Å². The van der Waals surface area contributed by atoms with Gasteiger partial charge in [0.25, 0.3) is 0 Å². The average Bonchev–Trinajstić information content (AvgIpc) is 1.97. The summed E-state index contributed by atoms with van der Waals surface area (Å²) in [6.45, 7) is 5.28. The van der Waals surface area contributed by atoms with Crippen LogP contribution in [-0.2, 0) is 9.59 Å². The van der Waals surface area contributed by atoms with E-state index in [1.807, 2.05) is 0 Å². The van der Waals surface area contributed by atoms with Crippen LogP contribution in [0.5, 0.6) is 0 Å². The number of hydrogen-bond donors (Lipinski definition) is 1. The summed E-state index contributed by atoms with van der Waals surface area (Å²) in [5, 5.41) is 9.25. The number of ketones is 2. The molecule has 0 radical (unpaired) electrons. The fraction of sp³-hybridized carbons (Fsp3) is 0.778. The van der Waals surface area contributed by atoms with Gasteiger partial charge in [-0.3, -0.25) is 9.59 Å². The monoisotopic (exact) mass is 170 g/mol. The third-order valence-corrected chi connectivity index (χ3v) is 2.49. The molecule has 0 amide bonds. The minimum atomic E-state index is -1.39. The smallest absolute Gasteiger partial charge is 0.174 e. The highest BCUT2D eigenvalue weighted by Crippen LogP contribution is 2.33. The lowest BCUT2D eigenvalue weighted by molar-refractivity contribution is -0.152. The summed E-state index contributed by atoms with van der Waals surface area (Å²) >= 11 is 0. The maximum absolute atomic E-state index is 11.3. The molecule has 3 heteroatoms. The Morgan fingerprint density at radius 2 is 1.92 bits per heavy atom. The maximum atomic E-state index is 11.3. The van der Waals surface area contributed by atoms with E-state index in [-0.39, 0.29) is 17.5 Å². The molecule has 0 saturated heterocycles. The van der Waals surface area contributed by atoms with Crippen LogP contribution in [0.15, 0.2) is 0 Å². The lowest BCUT2D eigenvalue weighted by Crippen LogP contribution is -2.48. The predicted molar refractivity (Wildman–Crippen MR) is 43.6 cm³/mol. The molecule has 1 N–H and O–H groups in total. The van der Waals surface area contributed by atoms with E-state index in [9.17, 15) is 14.7 Å². The minimum absolute atomic E-state index is 0.201. The molecule has 0 aromatic rings. The topological polar surface area (TPSA) is 54.4 Å². The van der Waals surface area contributed by atoms with Gasteiger partial charge in [0.2, 0.25) is 0 Å². The largest absolute Gasteiger partial charge is 0.378 e. The Morgan fingerprint density at radius 3 is 2.42 bits per heavy atom. The summed E-state index contributed by atoms with van der Waals surface area (Å²) in [5.41, 5.74) is -0.549. The van der Waals surface area contributed by atoms with Crippen LogP contribution in [0.2, 0.25) is 0 Å². The van der Waals surface area contributed by atoms with E-state index in [0.29, 0.717) is 6.42 Å². The molecule has 1 aliphatic rings. The molecule has 0 aromatic carbocycles. The lowest BCUT2D eigenvalue weighted by atomic mass is 9.70. The molecule has 68 valence electrons. The van der Waals surface area contributed by atoms with Crippen LogP contribution in [-0.4, -0.2) is 22.8 Å². The highest BCUT2D eigenvalue weighted by Gasteiger charge is 2.44. The first-order valence-electron chi connectivity index (χ1n) is 4.12. The Morgan fingerprint density at radius 1 is 1.42 bits per heavy atom. The van der Waals surface area contributed by atoms with E-state index in [4.69, 9.17) is 0 Å². The van der Waals surface area contributed by atoms with Gasteiger partial charge in [-0.15, -0.1) is 0 Å².